The van der Waals surface area contributed by atoms with Crippen molar-refractivity contribution < 1.29 is 14.6 Å². The maximum Gasteiger partial charge on any atom is 0.264 e. The van der Waals surface area contributed by atoms with Gasteiger partial charge in [-0.05, 0) is 79.5 Å². The summed E-state index contributed by atoms with van der Waals surface area (Å²) in [4.78, 5) is 17.1. The summed E-state index contributed by atoms with van der Waals surface area (Å²) in [5.41, 5.74) is 1.46. The average Bonchev–Trinajstić information content (AvgIpc) is 2.92. The first-order chi connectivity index (χ1) is 12.0. The lowest BCUT2D eigenvalue weighted by atomic mass is 10.2. The van der Waals surface area contributed by atoms with E-state index >= 15 is 0 Å². The van der Waals surface area contributed by atoms with Crippen molar-refractivity contribution in [1.29, 1.82) is 0 Å². The molecular weight excluding hydrogens is 472 g/mol. The van der Waals surface area contributed by atoms with Gasteiger partial charge in [-0.25, -0.2) is 4.99 Å². The first-order valence-electron chi connectivity index (χ1n) is 7.08. The Bertz CT molecular complexity index is 913. The highest BCUT2D eigenvalue weighted by Crippen LogP contribution is 2.37. The van der Waals surface area contributed by atoms with Crippen LogP contribution in [0.25, 0.3) is 6.08 Å². The van der Waals surface area contributed by atoms with E-state index < -0.39 is 0 Å². The molecule has 128 valence electrons. The SMILES string of the molecule is COc1cc(/C=C2/SC(=Nc3ccccc3Br)NC2=O)cc(Br)c1O. The number of para-hydroxylation sites is 1. The van der Waals surface area contributed by atoms with Crippen LogP contribution in [0.1, 0.15) is 5.56 Å². The topological polar surface area (TPSA) is 70.9 Å². The lowest BCUT2D eigenvalue weighted by molar-refractivity contribution is -0.115. The molecule has 5 nitrogen and oxygen atoms in total. The van der Waals surface area contributed by atoms with E-state index in [4.69, 9.17) is 4.74 Å². The lowest BCUT2D eigenvalue weighted by Crippen LogP contribution is -2.19. The van der Waals surface area contributed by atoms with Crippen LogP contribution in [0.5, 0.6) is 11.5 Å². The largest absolute Gasteiger partial charge is 0.503 e. The van der Waals surface area contributed by atoms with Gasteiger partial charge in [0.05, 0.1) is 22.2 Å². The van der Waals surface area contributed by atoms with Crippen molar-refractivity contribution >= 4 is 66.5 Å². The van der Waals surface area contributed by atoms with E-state index in [0.29, 0.717) is 20.3 Å². The highest BCUT2D eigenvalue weighted by Gasteiger charge is 2.24. The number of phenolic OH excluding ortho intramolecular Hbond substituents is 1. The summed E-state index contributed by atoms with van der Waals surface area (Å²) < 4.78 is 6.46. The molecule has 2 aromatic carbocycles. The van der Waals surface area contributed by atoms with Gasteiger partial charge in [-0.2, -0.15) is 0 Å². The summed E-state index contributed by atoms with van der Waals surface area (Å²) in [5, 5.41) is 13.1. The lowest BCUT2D eigenvalue weighted by Gasteiger charge is -2.06. The number of ether oxygens (including phenoxy) is 1. The number of benzene rings is 2. The number of hydrogen-bond donors (Lipinski definition) is 2. The minimum atomic E-state index is -0.223. The van der Waals surface area contributed by atoms with Crippen molar-refractivity contribution in [1.82, 2.24) is 5.32 Å². The first-order valence-corrected chi connectivity index (χ1v) is 9.49. The molecule has 3 rings (SSSR count). The molecule has 8 heteroatoms. The van der Waals surface area contributed by atoms with Crippen LogP contribution in [0, 0.1) is 0 Å². The van der Waals surface area contributed by atoms with Crippen LogP contribution in [-0.2, 0) is 4.79 Å². The molecule has 0 saturated carbocycles. The molecule has 0 radical (unpaired) electrons. The molecular formula is C17H12Br2N2O3S. The number of rotatable bonds is 3. The molecule has 0 aliphatic carbocycles. The summed E-state index contributed by atoms with van der Waals surface area (Å²) in [5.74, 6) is 0.120. The number of phenols is 1. The number of carbonyl (C=O) groups is 1. The Morgan fingerprint density at radius 2 is 2.00 bits per heavy atom. The summed E-state index contributed by atoms with van der Waals surface area (Å²) in [7, 11) is 1.47. The monoisotopic (exact) mass is 482 g/mol. The highest BCUT2D eigenvalue weighted by atomic mass is 79.9. The van der Waals surface area contributed by atoms with Crippen molar-refractivity contribution in [2.24, 2.45) is 4.99 Å². The quantitative estimate of drug-likeness (QED) is 0.614. The number of nitrogens with one attached hydrogen (secondary N) is 1. The molecule has 0 atom stereocenters. The third-order valence-corrected chi connectivity index (χ3v) is 5.48. The normalized spacial score (nSPS) is 17.2. The van der Waals surface area contributed by atoms with Gasteiger partial charge < -0.3 is 15.2 Å². The number of halogens is 2. The molecule has 2 aromatic rings. The molecule has 1 amide bonds. The Hall–Kier alpha value is -1.77. The Kier molecular flexibility index (Phi) is 5.51. The summed E-state index contributed by atoms with van der Waals surface area (Å²) in [6.07, 6.45) is 1.72. The zero-order chi connectivity index (χ0) is 18.0. The second-order valence-corrected chi connectivity index (χ2v) is 7.73. The third kappa shape index (κ3) is 4.08. The molecule has 0 spiro atoms. The first kappa shape index (κ1) is 18.0. The number of aromatic hydroxyl groups is 1. The Morgan fingerprint density at radius 1 is 1.24 bits per heavy atom. The van der Waals surface area contributed by atoms with Gasteiger partial charge in [0.25, 0.3) is 5.91 Å². The van der Waals surface area contributed by atoms with Gasteiger partial charge in [0.2, 0.25) is 0 Å². The number of amidine groups is 1. The van der Waals surface area contributed by atoms with E-state index in [1.807, 2.05) is 24.3 Å². The van der Waals surface area contributed by atoms with Crippen LogP contribution in [0.15, 0.2) is 55.2 Å². The second-order valence-electron chi connectivity index (χ2n) is 4.99. The number of carbonyl (C=O) groups excluding carboxylic acids is 1. The van der Waals surface area contributed by atoms with Crippen LogP contribution >= 0.6 is 43.6 Å². The second kappa shape index (κ2) is 7.63. The van der Waals surface area contributed by atoms with Crippen molar-refractivity contribution in [3.8, 4) is 11.5 Å². The molecule has 0 bridgehead atoms. The fraction of sp³-hybridized carbons (Fsp3) is 0.0588. The van der Waals surface area contributed by atoms with Crippen LogP contribution in [-0.4, -0.2) is 23.3 Å². The fourth-order valence-corrected chi connectivity index (χ4v) is 3.78. The maximum atomic E-state index is 12.2. The number of nitrogens with zero attached hydrogens (tertiary/aromatic N) is 1. The number of aliphatic imine (C=N–C) groups is 1. The average molecular weight is 484 g/mol. The molecule has 1 aliphatic rings. The smallest absolute Gasteiger partial charge is 0.264 e. The number of methoxy groups -OCH3 is 1. The molecule has 2 N–H and O–H groups in total. The molecule has 1 saturated heterocycles. The highest BCUT2D eigenvalue weighted by molar-refractivity contribution is 9.11. The molecule has 0 unspecified atom stereocenters. The van der Waals surface area contributed by atoms with Gasteiger partial charge >= 0.3 is 0 Å². The van der Waals surface area contributed by atoms with Gasteiger partial charge in [0.1, 0.15) is 0 Å². The van der Waals surface area contributed by atoms with Crippen molar-refractivity contribution in [2.45, 2.75) is 0 Å². The van der Waals surface area contributed by atoms with E-state index in [-0.39, 0.29) is 11.7 Å². The van der Waals surface area contributed by atoms with Gasteiger partial charge in [0, 0.05) is 4.47 Å². The zero-order valence-electron chi connectivity index (χ0n) is 12.9. The minimum absolute atomic E-state index is 0.0179. The minimum Gasteiger partial charge on any atom is -0.503 e. The third-order valence-electron chi connectivity index (χ3n) is 3.29. The molecule has 1 heterocycles. The number of thioether (sulfide) groups is 1. The summed E-state index contributed by atoms with van der Waals surface area (Å²) in [6.45, 7) is 0. The van der Waals surface area contributed by atoms with E-state index in [9.17, 15) is 9.90 Å². The molecule has 1 fully saturated rings. The van der Waals surface area contributed by atoms with Crippen molar-refractivity contribution in [3.63, 3.8) is 0 Å². The van der Waals surface area contributed by atoms with E-state index in [1.54, 1.807) is 18.2 Å². The van der Waals surface area contributed by atoms with Crippen LogP contribution in [0.4, 0.5) is 5.69 Å². The van der Waals surface area contributed by atoms with Gasteiger partial charge in [-0.3, -0.25) is 4.79 Å². The van der Waals surface area contributed by atoms with Crippen LogP contribution in [0.2, 0.25) is 0 Å². The fourth-order valence-electron chi connectivity index (χ4n) is 2.12. The standard InChI is InChI=1S/C17H12Br2N2O3S/c1-24-13-7-9(6-11(19)15(13)22)8-14-16(23)21-17(25-14)20-12-5-3-2-4-10(12)18/h2-8,22H,1H3,(H,20,21,23)/b14-8+. The van der Waals surface area contributed by atoms with Crippen LogP contribution < -0.4 is 10.1 Å². The van der Waals surface area contributed by atoms with E-state index in [2.05, 4.69) is 42.2 Å². The van der Waals surface area contributed by atoms with Crippen molar-refractivity contribution in [3.05, 3.63) is 55.8 Å². The van der Waals surface area contributed by atoms with Gasteiger partial charge in [-0.15, -0.1) is 0 Å². The van der Waals surface area contributed by atoms with Gasteiger partial charge in [0.15, 0.2) is 16.7 Å². The maximum absolute atomic E-state index is 12.2. The van der Waals surface area contributed by atoms with E-state index in [1.165, 1.54) is 18.9 Å². The molecule has 0 aromatic heterocycles. The Morgan fingerprint density at radius 3 is 2.72 bits per heavy atom. The summed E-state index contributed by atoms with van der Waals surface area (Å²) in [6, 6.07) is 10.9. The number of amides is 1. The Balaban J connectivity index is 1.90. The zero-order valence-corrected chi connectivity index (χ0v) is 16.9. The summed E-state index contributed by atoms with van der Waals surface area (Å²) >= 11 is 7.95. The predicted octanol–water partition coefficient (Wildman–Crippen LogP) is 4.82. The molecule has 1 aliphatic heterocycles. The Labute approximate surface area is 165 Å². The molecule has 25 heavy (non-hydrogen) atoms. The predicted molar refractivity (Wildman–Crippen MR) is 107 cm³/mol. The van der Waals surface area contributed by atoms with Gasteiger partial charge in [-0.1, -0.05) is 12.1 Å². The van der Waals surface area contributed by atoms with E-state index in [0.717, 1.165) is 15.7 Å². The van der Waals surface area contributed by atoms with Crippen molar-refractivity contribution in [2.75, 3.05) is 7.11 Å². The van der Waals surface area contributed by atoms with Crippen LogP contribution in [0.3, 0.4) is 0 Å². The number of hydrogen-bond acceptors (Lipinski definition) is 5.